The quantitative estimate of drug-likeness (QED) is 0.643. The lowest BCUT2D eigenvalue weighted by molar-refractivity contribution is 0.1000. The second kappa shape index (κ2) is 7.33. The van der Waals surface area contributed by atoms with Crippen LogP contribution in [0.15, 0.2) is 6.07 Å². The van der Waals surface area contributed by atoms with E-state index < -0.39 is 17.8 Å². The Hall–Kier alpha value is -2.58. The monoisotopic (exact) mass is 339 g/mol. The third kappa shape index (κ3) is 4.24. The van der Waals surface area contributed by atoms with Crippen LogP contribution in [0, 0.1) is 5.82 Å². The first kappa shape index (κ1) is 17.8. The average Bonchev–Trinajstić information content (AvgIpc) is 2.49. The molecule has 2 rings (SSSR count). The first-order valence-corrected chi connectivity index (χ1v) is 7.71. The number of anilines is 2. The molecule has 0 spiro atoms. The van der Waals surface area contributed by atoms with Crippen LogP contribution in [0.5, 0.6) is 0 Å². The second-order valence-electron chi connectivity index (χ2n) is 6.09. The second-order valence-corrected chi connectivity index (χ2v) is 6.09. The summed E-state index contributed by atoms with van der Waals surface area (Å²) in [5.41, 5.74) is 5.29. The maximum absolute atomic E-state index is 14.2. The third-order valence-corrected chi connectivity index (χ3v) is 4.04. The number of amides is 2. The Morgan fingerprint density at radius 1 is 1.29 bits per heavy atom. The molecule has 8 nitrogen and oxygen atoms in total. The predicted molar refractivity (Wildman–Crippen MR) is 87.9 cm³/mol. The molecule has 2 amide bonds. The molecule has 0 unspecified atom stereocenters. The van der Waals surface area contributed by atoms with Gasteiger partial charge in [-0.25, -0.2) is 14.2 Å². The molecule has 1 aromatic rings. The summed E-state index contributed by atoms with van der Waals surface area (Å²) in [6.07, 6.45) is 1.70. The summed E-state index contributed by atoms with van der Waals surface area (Å²) in [5.74, 6) is -1.01. The van der Waals surface area contributed by atoms with Crippen molar-refractivity contribution in [3.05, 3.63) is 17.4 Å². The fraction of sp³-hybridized carbons (Fsp3) is 0.533. The Kier molecular flexibility index (Phi) is 5.42. The number of carbonyl (C=O) groups excluding carboxylic acids is 1. The van der Waals surface area contributed by atoms with E-state index in [1.807, 2.05) is 0 Å². The first-order chi connectivity index (χ1) is 11.3. The summed E-state index contributed by atoms with van der Waals surface area (Å²) in [6, 6.07) is 1.01. The standard InChI is InChI=1S/C15H22FN5O3/c1-21(2)14-10(12(17)22)7-11(16)13(20-14)18-8-3-5-9(6-4-8)19-15(23)24/h7-9,19H,3-6H2,1-2H3,(H2,17,22)(H,18,20)(H,23,24). The Balaban J connectivity index is 2.09. The van der Waals surface area contributed by atoms with E-state index in [2.05, 4.69) is 15.6 Å². The van der Waals surface area contributed by atoms with Gasteiger partial charge in [0.1, 0.15) is 5.82 Å². The molecule has 0 bridgehead atoms. The summed E-state index contributed by atoms with van der Waals surface area (Å²) in [6.45, 7) is 0. The number of rotatable bonds is 5. The zero-order valence-electron chi connectivity index (χ0n) is 13.7. The van der Waals surface area contributed by atoms with Crippen LogP contribution in [0.3, 0.4) is 0 Å². The lowest BCUT2D eigenvalue weighted by Crippen LogP contribution is -2.39. The van der Waals surface area contributed by atoms with Crippen LogP contribution in [-0.4, -0.2) is 48.3 Å². The van der Waals surface area contributed by atoms with Gasteiger partial charge in [0, 0.05) is 26.2 Å². The smallest absolute Gasteiger partial charge is 0.404 e. The van der Waals surface area contributed by atoms with Crippen molar-refractivity contribution < 1.29 is 19.1 Å². The summed E-state index contributed by atoms with van der Waals surface area (Å²) in [5, 5.41) is 14.2. The van der Waals surface area contributed by atoms with E-state index in [4.69, 9.17) is 10.8 Å². The van der Waals surface area contributed by atoms with Gasteiger partial charge < -0.3 is 26.4 Å². The minimum atomic E-state index is -1.03. The van der Waals surface area contributed by atoms with Gasteiger partial charge in [-0.1, -0.05) is 0 Å². The van der Waals surface area contributed by atoms with E-state index in [0.29, 0.717) is 31.5 Å². The molecule has 132 valence electrons. The number of primary amides is 1. The Labute approximate surface area is 139 Å². The zero-order chi connectivity index (χ0) is 17.9. The van der Waals surface area contributed by atoms with Crippen molar-refractivity contribution in [1.82, 2.24) is 10.3 Å². The molecule has 1 saturated carbocycles. The van der Waals surface area contributed by atoms with E-state index >= 15 is 0 Å². The number of carboxylic acid groups (broad SMARTS) is 1. The van der Waals surface area contributed by atoms with E-state index in [1.165, 1.54) is 0 Å². The van der Waals surface area contributed by atoms with Crippen molar-refractivity contribution in [2.75, 3.05) is 24.3 Å². The fourth-order valence-electron chi connectivity index (χ4n) is 2.85. The Morgan fingerprint density at radius 2 is 1.88 bits per heavy atom. The van der Waals surface area contributed by atoms with Crippen molar-refractivity contribution in [2.24, 2.45) is 5.73 Å². The average molecular weight is 339 g/mol. The molecule has 0 aromatic carbocycles. The van der Waals surface area contributed by atoms with E-state index in [0.717, 1.165) is 6.07 Å². The van der Waals surface area contributed by atoms with Gasteiger partial charge in [-0.2, -0.15) is 0 Å². The number of nitrogens with two attached hydrogens (primary N) is 1. The van der Waals surface area contributed by atoms with Gasteiger partial charge in [0.25, 0.3) is 5.91 Å². The number of pyridine rings is 1. The lowest BCUT2D eigenvalue weighted by atomic mass is 9.91. The summed E-state index contributed by atoms with van der Waals surface area (Å²) in [4.78, 5) is 27.8. The molecule has 0 atom stereocenters. The van der Waals surface area contributed by atoms with Crippen LogP contribution in [0.25, 0.3) is 0 Å². The van der Waals surface area contributed by atoms with Gasteiger partial charge in [0.15, 0.2) is 11.6 Å². The Morgan fingerprint density at radius 3 is 2.38 bits per heavy atom. The van der Waals surface area contributed by atoms with Crippen LogP contribution in [0.2, 0.25) is 0 Å². The maximum Gasteiger partial charge on any atom is 0.404 e. The maximum atomic E-state index is 14.2. The highest BCUT2D eigenvalue weighted by Crippen LogP contribution is 2.26. The molecule has 1 aromatic heterocycles. The topological polar surface area (TPSA) is 121 Å². The molecule has 9 heteroatoms. The molecular weight excluding hydrogens is 317 g/mol. The van der Waals surface area contributed by atoms with Crippen molar-refractivity contribution in [1.29, 1.82) is 0 Å². The van der Waals surface area contributed by atoms with Crippen molar-refractivity contribution in [3.63, 3.8) is 0 Å². The van der Waals surface area contributed by atoms with Crippen molar-refractivity contribution in [3.8, 4) is 0 Å². The van der Waals surface area contributed by atoms with Gasteiger partial charge >= 0.3 is 6.09 Å². The third-order valence-electron chi connectivity index (χ3n) is 4.04. The molecular formula is C15H22FN5O3. The SMILES string of the molecule is CN(C)c1nc(NC2CCC(NC(=O)O)CC2)c(F)cc1C(N)=O. The van der Waals surface area contributed by atoms with Crippen molar-refractivity contribution in [2.45, 2.75) is 37.8 Å². The van der Waals surface area contributed by atoms with E-state index in [9.17, 15) is 14.0 Å². The number of carbonyl (C=O) groups is 2. The number of halogens is 1. The van der Waals surface area contributed by atoms with E-state index in [-0.39, 0.29) is 23.5 Å². The number of hydrogen-bond acceptors (Lipinski definition) is 5. The molecule has 1 fully saturated rings. The number of nitrogens with one attached hydrogen (secondary N) is 2. The lowest BCUT2D eigenvalue weighted by Gasteiger charge is -2.29. The van der Waals surface area contributed by atoms with Gasteiger partial charge in [0.2, 0.25) is 0 Å². The van der Waals surface area contributed by atoms with E-state index in [1.54, 1.807) is 19.0 Å². The molecule has 0 aliphatic heterocycles. The summed E-state index contributed by atoms with van der Waals surface area (Å²) in [7, 11) is 3.39. The van der Waals surface area contributed by atoms with Crippen LogP contribution >= 0.6 is 0 Å². The highest BCUT2D eigenvalue weighted by Gasteiger charge is 2.24. The molecule has 0 saturated heterocycles. The minimum absolute atomic E-state index is 0.00622. The van der Waals surface area contributed by atoms with Crippen LogP contribution < -0.4 is 21.3 Å². The number of aromatic nitrogens is 1. The highest BCUT2D eigenvalue weighted by molar-refractivity contribution is 5.98. The molecule has 0 radical (unpaired) electrons. The van der Waals surface area contributed by atoms with Gasteiger partial charge in [-0.3, -0.25) is 4.79 Å². The number of nitrogens with zero attached hydrogens (tertiary/aromatic N) is 2. The van der Waals surface area contributed by atoms with Crippen LogP contribution in [0.1, 0.15) is 36.0 Å². The summed E-state index contributed by atoms with van der Waals surface area (Å²) < 4.78 is 14.2. The molecule has 24 heavy (non-hydrogen) atoms. The van der Waals surface area contributed by atoms with Crippen LogP contribution in [-0.2, 0) is 0 Å². The summed E-state index contributed by atoms with van der Waals surface area (Å²) >= 11 is 0. The molecule has 5 N–H and O–H groups in total. The molecule has 1 aliphatic rings. The predicted octanol–water partition coefficient (Wildman–Crippen LogP) is 1.38. The van der Waals surface area contributed by atoms with Gasteiger partial charge in [-0.05, 0) is 31.7 Å². The van der Waals surface area contributed by atoms with Crippen molar-refractivity contribution >= 4 is 23.6 Å². The molecule has 1 aliphatic carbocycles. The normalized spacial score (nSPS) is 20.3. The first-order valence-electron chi connectivity index (χ1n) is 7.71. The van der Waals surface area contributed by atoms with Gasteiger partial charge in [-0.15, -0.1) is 0 Å². The molecule has 1 heterocycles. The zero-order valence-corrected chi connectivity index (χ0v) is 13.7. The number of hydrogen-bond donors (Lipinski definition) is 4. The highest BCUT2D eigenvalue weighted by atomic mass is 19.1. The van der Waals surface area contributed by atoms with Gasteiger partial charge in [0.05, 0.1) is 5.56 Å². The van der Waals surface area contributed by atoms with Crippen LogP contribution in [0.4, 0.5) is 20.8 Å². The minimum Gasteiger partial charge on any atom is -0.465 e. The largest absolute Gasteiger partial charge is 0.465 e. The fourth-order valence-corrected chi connectivity index (χ4v) is 2.85. The Bertz CT molecular complexity index is 630.